The van der Waals surface area contributed by atoms with Gasteiger partial charge in [0, 0.05) is 13.2 Å². The fourth-order valence-electron chi connectivity index (χ4n) is 1.37. The molecule has 0 spiro atoms. The molecule has 14 heavy (non-hydrogen) atoms. The number of thiocarbonyl (C=S) groups is 1. The molecule has 0 saturated carbocycles. The third-order valence-corrected chi connectivity index (χ3v) is 2.33. The SMILES string of the molecule is NC(=S)CCCNC(=O)C1CCCO1. The molecule has 0 aromatic rings. The molecule has 0 radical (unpaired) electrons. The first-order valence-electron chi connectivity index (χ1n) is 4.88. The number of amides is 1. The van der Waals surface area contributed by atoms with Crippen LogP contribution < -0.4 is 11.1 Å². The van der Waals surface area contributed by atoms with Crippen molar-refractivity contribution >= 4 is 23.1 Å². The Bertz CT molecular complexity index is 215. The van der Waals surface area contributed by atoms with Crippen molar-refractivity contribution in [2.24, 2.45) is 5.73 Å². The van der Waals surface area contributed by atoms with E-state index in [4.69, 9.17) is 22.7 Å². The van der Waals surface area contributed by atoms with E-state index in [1.165, 1.54) is 0 Å². The van der Waals surface area contributed by atoms with Crippen molar-refractivity contribution in [3.05, 3.63) is 0 Å². The third-order valence-electron chi connectivity index (χ3n) is 2.12. The van der Waals surface area contributed by atoms with Gasteiger partial charge in [-0.2, -0.15) is 0 Å². The third kappa shape index (κ3) is 4.02. The van der Waals surface area contributed by atoms with E-state index in [9.17, 15) is 4.79 Å². The molecule has 1 aliphatic heterocycles. The maximum atomic E-state index is 11.4. The van der Waals surface area contributed by atoms with Gasteiger partial charge in [-0.05, 0) is 25.7 Å². The molecule has 0 aliphatic carbocycles. The maximum Gasteiger partial charge on any atom is 0.249 e. The molecule has 1 amide bonds. The van der Waals surface area contributed by atoms with Crippen molar-refractivity contribution in [1.29, 1.82) is 0 Å². The number of hydrogen-bond donors (Lipinski definition) is 2. The van der Waals surface area contributed by atoms with E-state index in [1.54, 1.807) is 0 Å². The summed E-state index contributed by atoms with van der Waals surface area (Å²) < 4.78 is 5.23. The molecule has 1 atom stereocenters. The predicted molar refractivity (Wildman–Crippen MR) is 58.0 cm³/mol. The summed E-state index contributed by atoms with van der Waals surface area (Å²) in [6.45, 7) is 1.32. The highest BCUT2D eigenvalue weighted by Gasteiger charge is 2.22. The summed E-state index contributed by atoms with van der Waals surface area (Å²) in [6.07, 6.45) is 3.06. The summed E-state index contributed by atoms with van der Waals surface area (Å²) >= 11 is 4.72. The lowest BCUT2D eigenvalue weighted by Crippen LogP contribution is -2.34. The Morgan fingerprint density at radius 2 is 2.43 bits per heavy atom. The molecule has 3 N–H and O–H groups in total. The normalized spacial score (nSPS) is 20.7. The van der Waals surface area contributed by atoms with Crippen LogP contribution in [0.5, 0.6) is 0 Å². The van der Waals surface area contributed by atoms with Crippen molar-refractivity contribution in [2.45, 2.75) is 31.8 Å². The number of carbonyl (C=O) groups excluding carboxylic acids is 1. The molecular formula is C9H16N2O2S. The second-order valence-corrected chi connectivity index (χ2v) is 3.89. The van der Waals surface area contributed by atoms with Crippen molar-refractivity contribution < 1.29 is 9.53 Å². The first-order valence-corrected chi connectivity index (χ1v) is 5.28. The zero-order chi connectivity index (χ0) is 10.4. The molecule has 1 heterocycles. The average Bonchev–Trinajstić information content (AvgIpc) is 2.64. The monoisotopic (exact) mass is 216 g/mol. The van der Waals surface area contributed by atoms with Crippen molar-refractivity contribution in [3.63, 3.8) is 0 Å². The number of nitrogens with one attached hydrogen (secondary N) is 1. The second kappa shape index (κ2) is 5.93. The Morgan fingerprint density at radius 3 is 3.00 bits per heavy atom. The van der Waals surface area contributed by atoms with Gasteiger partial charge in [-0.1, -0.05) is 12.2 Å². The molecule has 5 heteroatoms. The van der Waals surface area contributed by atoms with Crippen LogP contribution in [0.25, 0.3) is 0 Å². The zero-order valence-corrected chi connectivity index (χ0v) is 8.94. The van der Waals surface area contributed by atoms with E-state index in [0.717, 1.165) is 19.3 Å². The Kier molecular flexibility index (Phi) is 4.82. The molecule has 0 bridgehead atoms. The molecule has 1 fully saturated rings. The molecule has 0 aromatic carbocycles. The van der Waals surface area contributed by atoms with E-state index < -0.39 is 0 Å². The molecule has 1 aliphatic rings. The van der Waals surface area contributed by atoms with Crippen LogP contribution in [0.15, 0.2) is 0 Å². The summed E-state index contributed by atoms with van der Waals surface area (Å²) in [4.78, 5) is 11.9. The number of ether oxygens (including phenoxy) is 1. The zero-order valence-electron chi connectivity index (χ0n) is 8.12. The summed E-state index contributed by atoms with van der Waals surface area (Å²) in [5.41, 5.74) is 5.33. The van der Waals surface area contributed by atoms with Gasteiger partial charge in [0.05, 0.1) is 4.99 Å². The van der Waals surface area contributed by atoms with E-state index >= 15 is 0 Å². The fourth-order valence-corrected chi connectivity index (χ4v) is 1.52. The Labute approximate surface area is 89.2 Å². The average molecular weight is 216 g/mol. The summed E-state index contributed by atoms with van der Waals surface area (Å²) in [7, 11) is 0. The highest BCUT2D eigenvalue weighted by atomic mass is 32.1. The smallest absolute Gasteiger partial charge is 0.249 e. The lowest BCUT2D eigenvalue weighted by molar-refractivity contribution is -0.130. The van der Waals surface area contributed by atoms with E-state index in [-0.39, 0.29) is 12.0 Å². The van der Waals surface area contributed by atoms with Crippen LogP contribution in [0.1, 0.15) is 25.7 Å². The number of nitrogens with two attached hydrogens (primary N) is 1. The van der Waals surface area contributed by atoms with Crippen molar-refractivity contribution in [2.75, 3.05) is 13.2 Å². The molecule has 1 saturated heterocycles. The maximum absolute atomic E-state index is 11.4. The van der Waals surface area contributed by atoms with Gasteiger partial charge in [0.25, 0.3) is 0 Å². The molecule has 1 rings (SSSR count). The van der Waals surface area contributed by atoms with E-state index in [1.807, 2.05) is 0 Å². The quantitative estimate of drug-likeness (QED) is 0.514. The Morgan fingerprint density at radius 1 is 1.64 bits per heavy atom. The Balaban J connectivity index is 2.05. The summed E-state index contributed by atoms with van der Waals surface area (Å²) in [5.74, 6) is -0.00885. The lowest BCUT2D eigenvalue weighted by atomic mass is 10.2. The number of carbonyl (C=O) groups is 1. The van der Waals surface area contributed by atoms with Crippen LogP contribution in [0, 0.1) is 0 Å². The van der Waals surface area contributed by atoms with Gasteiger partial charge in [0.15, 0.2) is 0 Å². The number of rotatable bonds is 5. The van der Waals surface area contributed by atoms with Gasteiger partial charge in [-0.3, -0.25) is 4.79 Å². The van der Waals surface area contributed by atoms with Crippen LogP contribution in [0.2, 0.25) is 0 Å². The van der Waals surface area contributed by atoms with Gasteiger partial charge in [0.2, 0.25) is 5.91 Å². The minimum absolute atomic E-state index is 0.00885. The van der Waals surface area contributed by atoms with E-state index in [0.29, 0.717) is 24.6 Å². The van der Waals surface area contributed by atoms with Crippen molar-refractivity contribution in [1.82, 2.24) is 5.32 Å². The summed E-state index contributed by atoms with van der Waals surface area (Å²) in [6, 6.07) is 0. The van der Waals surface area contributed by atoms with Gasteiger partial charge in [-0.15, -0.1) is 0 Å². The van der Waals surface area contributed by atoms with Crippen LogP contribution in [-0.4, -0.2) is 30.2 Å². The van der Waals surface area contributed by atoms with Crippen LogP contribution in [0.3, 0.4) is 0 Å². The first kappa shape index (κ1) is 11.4. The van der Waals surface area contributed by atoms with Gasteiger partial charge < -0.3 is 15.8 Å². The highest BCUT2D eigenvalue weighted by molar-refractivity contribution is 7.80. The van der Waals surface area contributed by atoms with E-state index in [2.05, 4.69) is 5.32 Å². The predicted octanol–water partition coefficient (Wildman–Crippen LogP) is 0.348. The second-order valence-electron chi connectivity index (χ2n) is 3.36. The standard InChI is InChI=1S/C9H16N2O2S/c10-8(14)4-1-5-11-9(12)7-3-2-6-13-7/h7H,1-6H2,(H2,10,14)(H,11,12). The van der Waals surface area contributed by atoms with Crippen LogP contribution in [-0.2, 0) is 9.53 Å². The minimum Gasteiger partial charge on any atom is -0.393 e. The van der Waals surface area contributed by atoms with Gasteiger partial charge in [0.1, 0.15) is 6.10 Å². The minimum atomic E-state index is -0.236. The number of hydrogen-bond acceptors (Lipinski definition) is 3. The van der Waals surface area contributed by atoms with Crippen molar-refractivity contribution in [3.8, 4) is 0 Å². The first-order chi connectivity index (χ1) is 6.70. The lowest BCUT2D eigenvalue weighted by Gasteiger charge is -2.09. The highest BCUT2D eigenvalue weighted by Crippen LogP contribution is 2.11. The van der Waals surface area contributed by atoms with Crippen LogP contribution >= 0.6 is 12.2 Å². The Hall–Kier alpha value is -0.680. The topological polar surface area (TPSA) is 64.3 Å². The largest absolute Gasteiger partial charge is 0.393 e. The molecule has 0 aromatic heterocycles. The molecule has 1 unspecified atom stereocenters. The molecular weight excluding hydrogens is 200 g/mol. The van der Waals surface area contributed by atoms with Gasteiger partial charge in [-0.25, -0.2) is 0 Å². The van der Waals surface area contributed by atoms with Crippen LogP contribution in [0.4, 0.5) is 0 Å². The fraction of sp³-hybridized carbons (Fsp3) is 0.778. The van der Waals surface area contributed by atoms with Gasteiger partial charge >= 0.3 is 0 Å². The molecule has 80 valence electrons. The summed E-state index contributed by atoms with van der Waals surface area (Å²) in [5, 5.41) is 2.80. The molecule has 4 nitrogen and oxygen atoms in total.